The minimum absolute atomic E-state index is 0.0627. The quantitative estimate of drug-likeness (QED) is 0.464. The molecule has 2 heterocycles. The fraction of sp³-hybridized carbons (Fsp3) is 0.481. The number of carbonyl (C=O) groups is 2. The molecule has 35 heavy (non-hydrogen) atoms. The Morgan fingerprint density at radius 3 is 2.60 bits per heavy atom. The summed E-state index contributed by atoms with van der Waals surface area (Å²) in [6.07, 6.45) is 3.38. The molecule has 4 aliphatic rings. The Morgan fingerprint density at radius 2 is 1.91 bits per heavy atom. The molecule has 5 rings (SSSR count). The maximum Gasteiger partial charge on any atom is 0.333 e. The topological polar surface area (TPSA) is 89.5 Å². The summed E-state index contributed by atoms with van der Waals surface area (Å²) in [5.41, 5.74) is 2.00. The van der Waals surface area contributed by atoms with E-state index in [0.717, 1.165) is 16.7 Å². The first-order valence-electron chi connectivity index (χ1n) is 11.8. The van der Waals surface area contributed by atoms with Crippen molar-refractivity contribution < 1.29 is 38.0 Å². The zero-order valence-electron chi connectivity index (χ0n) is 20.9. The molecule has 2 aliphatic heterocycles. The van der Waals surface area contributed by atoms with Crippen LogP contribution < -0.4 is 14.2 Å². The van der Waals surface area contributed by atoms with Crippen molar-refractivity contribution >= 4 is 11.8 Å². The maximum atomic E-state index is 13.0. The molecule has 1 spiro atoms. The third-order valence-corrected chi connectivity index (χ3v) is 7.80. The molecular formula is C27H30O8. The van der Waals surface area contributed by atoms with E-state index in [2.05, 4.69) is 13.8 Å². The Bertz CT molecular complexity index is 1210. The third kappa shape index (κ3) is 3.18. The van der Waals surface area contributed by atoms with Crippen LogP contribution in [0.4, 0.5) is 0 Å². The van der Waals surface area contributed by atoms with Crippen LogP contribution in [-0.2, 0) is 29.2 Å². The molecule has 1 aromatic carbocycles. The zero-order valence-corrected chi connectivity index (χ0v) is 20.9. The third-order valence-electron chi connectivity index (χ3n) is 7.80. The van der Waals surface area contributed by atoms with Crippen molar-refractivity contribution in [2.75, 3.05) is 27.6 Å². The highest BCUT2D eigenvalue weighted by Crippen LogP contribution is 2.62. The van der Waals surface area contributed by atoms with Crippen molar-refractivity contribution in [3.8, 4) is 17.2 Å². The number of ether oxygens (including phenoxy) is 6. The number of methoxy groups -OCH3 is 2. The van der Waals surface area contributed by atoms with Crippen molar-refractivity contribution in [1.29, 1.82) is 0 Å². The van der Waals surface area contributed by atoms with Gasteiger partial charge in [0.2, 0.25) is 24.1 Å². The number of allylic oxidation sites excluding steroid dienone is 2. The average molecular weight is 483 g/mol. The minimum atomic E-state index is -0.922. The second-order valence-electron chi connectivity index (χ2n) is 9.54. The fourth-order valence-electron chi connectivity index (χ4n) is 5.62. The minimum Gasteiger partial charge on any atom is -0.496 e. The molecule has 186 valence electrons. The lowest BCUT2D eigenvalue weighted by atomic mass is 9.62. The average Bonchev–Trinajstić information content (AvgIpc) is 3.47. The normalized spacial score (nSPS) is 28.9. The summed E-state index contributed by atoms with van der Waals surface area (Å²) in [4.78, 5) is 26.0. The summed E-state index contributed by atoms with van der Waals surface area (Å²) in [6, 6.07) is 1.88. The number of fused-ring (bicyclic) bond motifs is 2. The maximum absolute atomic E-state index is 13.0. The van der Waals surface area contributed by atoms with E-state index in [-0.39, 0.29) is 42.7 Å². The first kappa shape index (κ1) is 23.3. The standard InChI is InChI=1S/C27H30O8/c1-7-13(2)26(29)35-21-15(4)14(3)8-16-9-18(28)22(30-5)25(31-6)27(16)11-32-24-20(27)17(21)10-19-23(24)34-12-33-19/h7,9-10,14-15,21H,8,11-12H2,1-6H3/b13-7-/t14-,15-,21-,27+/m1/s1. The van der Waals surface area contributed by atoms with E-state index in [1.165, 1.54) is 14.2 Å². The predicted molar refractivity (Wildman–Crippen MR) is 125 cm³/mol. The number of esters is 1. The van der Waals surface area contributed by atoms with Gasteiger partial charge in [0.05, 0.1) is 14.2 Å². The van der Waals surface area contributed by atoms with Crippen LogP contribution in [0.2, 0.25) is 0 Å². The van der Waals surface area contributed by atoms with Gasteiger partial charge in [-0.25, -0.2) is 4.79 Å². The van der Waals surface area contributed by atoms with Gasteiger partial charge in [-0.2, -0.15) is 0 Å². The van der Waals surface area contributed by atoms with E-state index in [4.69, 9.17) is 28.4 Å². The smallest absolute Gasteiger partial charge is 0.333 e. The van der Waals surface area contributed by atoms with Crippen molar-refractivity contribution in [2.24, 2.45) is 11.8 Å². The summed E-state index contributed by atoms with van der Waals surface area (Å²) in [7, 11) is 2.98. The van der Waals surface area contributed by atoms with Gasteiger partial charge in [0.15, 0.2) is 17.3 Å². The fourth-order valence-corrected chi connectivity index (χ4v) is 5.62. The highest BCUT2D eigenvalue weighted by atomic mass is 16.7. The molecule has 0 bridgehead atoms. The van der Waals surface area contributed by atoms with E-state index in [1.54, 1.807) is 26.0 Å². The van der Waals surface area contributed by atoms with E-state index in [0.29, 0.717) is 35.0 Å². The van der Waals surface area contributed by atoms with Gasteiger partial charge in [-0.15, -0.1) is 0 Å². The number of hydrogen-bond acceptors (Lipinski definition) is 8. The summed E-state index contributed by atoms with van der Waals surface area (Å²) in [5, 5.41) is 0. The highest BCUT2D eigenvalue weighted by molar-refractivity contribution is 6.05. The summed E-state index contributed by atoms with van der Waals surface area (Å²) in [6.45, 7) is 7.96. The van der Waals surface area contributed by atoms with Crippen LogP contribution in [0.15, 0.2) is 40.9 Å². The lowest BCUT2D eigenvalue weighted by Crippen LogP contribution is -2.42. The van der Waals surface area contributed by atoms with Gasteiger partial charge in [-0.3, -0.25) is 4.79 Å². The van der Waals surface area contributed by atoms with Gasteiger partial charge < -0.3 is 28.4 Å². The van der Waals surface area contributed by atoms with Crippen LogP contribution in [0.5, 0.6) is 17.2 Å². The molecule has 0 saturated heterocycles. The van der Waals surface area contributed by atoms with Crippen molar-refractivity contribution in [1.82, 2.24) is 0 Å². The number of hydrogen-bond donors (Lipinski definition) is 0. The van der Waals surface area contributed by atoms with E-state index >= 15 is 0 Å². The zero-order chi connectivity index (χ0) is 25.1. The summed E-state index contributed by atoms with van der Waals surface area (Å²) < 4.78 is 35.4. The molecule has 8 heteroatoms. The Morgan fingerprint density at radius 1 is 1.14 bits per heavy atom. The van der Waals surface area contributed by atoms with Crippen LogP contribution in [0.3, 0.4) is 0 Å². The summed E-state index contributed by atoms with van der Waals surface area (Å²) in [5.74, 6) is 1.45. The van der Waals surface area contributed by atoms with Crippen LogP contribution in [0, 0.1) is 11.8 Å². The molecule has 4 atom stereocenters. The molecule has 0 aromatic heterocycles. The molecular weight excluding hydrogens is 452 g/mol. The molecule has 2 aliphatic carbocycles. The Kier molecular flexibility index (Phi) is 5.57. The van der Waals surface area contributed by atoms with Gasteiger partial charge >= 0.3 is 5.97 Å². The van der Waals surface area contributed by atoms with Crippen LogP contribution in [-0.4, -0.2) is 39.4 Å². The summed E-state index contributed by atoms with van der Waals surface area (Å²) >= 11 is 0. The van der Waals surface area contributed by atoms with E-state index in [9.17, 15) is 9.59 Å². The second-order valence-corrected chi connectivity index (χ2v) is 9.54. The Hall–Kier alpha value is -3.42. The molecule has 0 fully saturated rings. The van der Waals surface area contributed by atoms with Crippen LogP contribution in [0.25, 0.3) is 0 Å². The molecule has 0 radical (unpaired) electrons. The molecule has 0 unspecified atom stereocenters. The highest BCUT2D eigenvalue weighted by Gasteiger charge is 2.58. The Balaban J connectivity index is 1.83. The lowest BCUT2D eigenvalue weighted by molar-refractivity contribution is -0.148. The van der Waals surface area contributed by atoms with Crippen molar-refractivity contribution in [3.05, 3.63) is 52.0 Å². The lowest BCUT2D eigenvalue weighted by Gasteiger charge is -2.42. The number of rotatable bonds is 4. The number of benzene rings is 1. The SMILES string of the molecule is C/C=C(/C)C(=O)O[C@H]1c2cc3c(c4c2[C@]2(CO4)C(=CC(=O)C(OC)=C2OC)C[C@@H](C)[C@H]1C)OCO3. The monoisotopic (exact) mass is 482 g/mol. The van der Waals surface area contributed by atoms with Gasteiger partial charge in [0.25, 0.3) is 0 Å². The largest absolute Gasteiger partial charge is 0.496 e. The second kappa shape index (κ2) is 8.36. The molecule has 1 aromatic rings. The van der Waals surface area contributed by atoms with Crippen LogP contribution in [0.1, 0.15) is 51.3 Å². The van der Waals surface area contributed by atoms with E-state index < -0.39 is 11.5 Å². The molecule has 0 saturated carbocycles. The Labute approximate surface area is 204 Å². The van der Waals surface area contributed by atoms with Crippen molar-refractivity contribution in [2.45, 2.75) is 45.6 Å². The van der Waals surface area contributed by atoms with Crippen LogP contribution >= 0.6 is 0 Å². The number of carbonyl (C=O) groups excluding carboxylic acids is 2. The number of ketones is 1. The first-order chi connectivity index (χ1) is 16.8. The van der Waals surface area contributed by atoms with Gasteiger partial charge in [-0.05, 0) is 43.9 Å². The van der Waals surface area contributed by atoms with Gasteiger partial charge in [0, 0.05) is 22.6 Å². The predicted octanol–water partition coefficient (Wildman–Crippen LogP) is 4.29. The van der Waals surface area contributed by atoms with Gasteiger partial charge in [-0.1, -0.05) is 19.9 Å². The van der Waals surface area contributed by atoms with E-state index in [1.807, 2.05) is 6.07 Å². The van der Waals surface area contributed by atoms with Gasteiger partial charge in [0.1, 0.15) is 18.1 Å². The molecule has 8 nitrogen and oxygen atoms in total. The van der Waals surface area contributed by atoms with Crippen molar-refractivity contribution in [3.63, 3.8) is 0 Å². The first-order valence-corrected chi connectivity index (χ1v) is 11.8. The molecule has 0 N–H and O–H groups in total. The molecule has 0 amide bonds.